The summed E-state index contributed by atoms with van der Waals surface area (Å²) in [5.74, 6) is 0.142. The summed E-state index contributed by atoms with van der Waals surface area (Å²) in [5, 5.41) is 4.91. The zero-order valence-electron chi connectivity index (χ0n) is 19.0. The van der Waals surface area contributed by atoms with Gasteiger partial charge in [0.1, 0.15) is 5.00 Å². The highest BCUT2D eigenvalue weighted by Gasteiger charge is 2.33. The van der Waals surface area contributed by atoms with Crippen molar-refractivity contribution in [2.75, 3.05) is 38.0 Å². The lowest BCUT2D eigenvalue weighted by Crippen LogP contribution is -2.47. The highest BCUT2D eigenvalue weighted by molar-refractivity contribution is 7.16. The number of rotatable bonds is 6. The van der Waals surface area contributed by atoms with E-state index >= 15 is 0 Å². The Kier molecular flexibility index (Phi) is 6.88. The molecule has 0 bridgehead atoms. The van der Waals surface area contributed by atoms with Crippen LogP contribution in [0, 0.1) is 0 Å². The Morgan fingerprint density at radius 1 is 1.15 bits per heavy atom. The predicted octanol–water partition coefficient (Wildman–Crippen LogP) is 5.85. The van der Waals surface area contributed by atoms with E-state index in [0.29, 0.717) is 5.76 Å². The number of nitrogens with zero attached hydrogens (tertiary/aromatic N) is 2. The second-order valence-corrected chi connectivity index (χ2v) is 10.4. The van der Waals surface area contributed by atoms with Crippen molar-refractivity contribution in [1.29, 1.82) is 0 Å². The molecule has 1 saturated heterocycles. The van der Waals surface area contributed by atoms with Gasteiger partial charge in [0.2, 0.25) is 0 Å². The monoisotopic (exact) mass is 483 g/mol. The largest absolute Gasteiger partial charge is 0.459 e. The number of thiophene rings is 1. The number of carbonyl (C=O) groups is 1. The average Bonchev–Trinajstić information content (AvgIpc) is 3.49. The Morgan fingerprint density at radius 2 is 1.97 bits per heavy atom. The van der Waals surface area contributed by atoms with E-state index < -0.39 is 0 Å². The quantitative estimate of drug-likeness (QED) is 0.477. The summed E-state index contributed by atoms with van der Waals surface area (Å²) in [4.78, 5) is 19.4. The van der Waals surface area contributed by atoms with E-state index in [-0.39, 0.29) is 11.9 Å². The van der Waals surface area contributed by atoms with Crippen LogP contribution in [0.25, 0.3) is 0 Å². The van der Waals surface area contributed by atoms with Crippen molar-refractivity contribution in [2.24, 2.45) is 0 Å². The van der Waals surface area contributed by atoms with E-state index in [1.807, 2.05) is 12.1 Å². The van der Waals surface area contributed by atoms with Crippen LogP contribution in [0.4, 0.5) is 5.00 Å². The van der Waals surface area contributed by atoms with Gasteiger partial charge in [-0.25, -0.2) is 0 Å². The maximum absolute atomic E-state index is 13.0. The fraction of sp³-hybridized carbons (Fsp3) is 0.423. The Morgan fingerprint density at radius 3 is 2.70 bits per heavy atom. The van der Waals surface area contributed by atoms with E-state index in [1.165, 1.54) is 40.7 Å². The summed E-state index contributed by atoms with van der Waals surface area (Å²) < 4.78 is 5.37. The van der Waals surface area contributed by atoms with Crippen molar-refractivity contribution in [2.45, 2.75) is 38.6 Å². The first kappa shape index (κ1) is 22.7. The van der Waals surface area contributed by atoms with Crippen LogP contribution in [0.2, 0.25) is 5.02 Å². The number of halogens is 1. The number of hydrogen-bond donors (Lipinski definition) is 1. The van der Waals surface area contributed by atoms with Gasteiger partial charge >= 0.3 is 0 Å². The number of anilines is 1. The summed E-state index contributed by atoms with van der Waals surface area (Å²) in [5.41, 5.74) is 3.86. The molecule has 1 fully saturated rings. The van der Waals surface area contributed by atoms with Crippen molar-refractivity contribution in [3.05, 3.63) is 75.0 Å². The number of benzene rings is 1. The van der Waals surface area contributed by atoms with Gasteiger partial charge in [0.15, 0.2) is 5.76 Å². The molecule has 1 aromatic carbocycles. The molecule has 7 heteroatoms. The number of hydrogen-bond acceptors (Lipinski definition) is 5. The van der Waals surface area contributed by atoms with E-state index in [0.717, 1.165) is 55.6 Å². The van der Waals surface area contributed by atoms with Crippen molar-refractivity contribution in [1.82, 2.24) is 9.80 Å². The fourth-order valence-electron chi connectivity index (χ4n) is 5.12. The van der Waals surface area contributed by atoms with Crippen LogP contribution in [0.5, 0.6) is 0 Å². The molecule has 1 atom stereocenters. The average molecular weight is 484 g/mol. The molecule has 5 nitrogen and oxygen atoms in total. The summed E-state index contributed by atoms with van der Waals surface area (Å²) >= 11 is 8.20. The molecule has 1 N–H and O–H groups in total. The number of piperazine rings is 1. The number of furan rings is 1. The molecule has 33 heavy (non-hydrogen) atoms. The predicted molar refractivity (Wildman–Crippen MR) is 135 cm³/mol. The van der Waals surface area contributed by atoms with Crippen LogP contribution in [0.1, 0.15) is 57.9 Å². The summed E-state index contributed by atoms with van der Waals surface area (Å²) in [6, 6.07) is 11.7. The van der Waals surface area contributed by atoms with E-state index in [2.05, 4.69) is 34.2 Å². The summed E-state index contributed by atoms with van der Waals surface area (Å²) in [6.45, 7) is 7.37. The number of nitrogens with one attached hydrogen (secondary N) is 1. The minimum Gasteiger partial charge on any atom is -0.459 e. The zero-order valence-corrected chi connectivity index (χ0v) is 20.6. The molecule has 2 aliphatic rings. The standard InChI is InChI=1S/C26H30ClN3O2S/c1-2-29-12-14-30(15-13-29)24(18-7-5-8-19(27)17-18)23-20-9-3-4-11-22(20)33-26(23)28-25(31)21-10-6-16-32-21/h5-8,10,16-17,24H,2-4,9,11-15H2,1H3,(H,28,31)/t24-/m0/s1. The smallest absolute Gasteiger partial charge is 0.291 e. The molecule has 1 amide bonds. The van der Waals surface area contributed by atoms with Gasteiger partial charge in [0, 0.05) is 41.6 Å². The van der Waals surface area contributed by atoms with Gasteiger partial charge in [-0.15, -0.1) is 11.3 Å². The van der Waals surface area contributed by atoms with Crippen LogP contribution in [-0.2, 0) is 12.8 Å². The highest BCUT2D eigenvalue weighted by atomic mass is 35.5. The van der Waals surface area contributed by atoms with E-state index in [9.17, 15) is 4.79 Å². The number of amides is 1. The van der Waals surface area contributed by atoms with Gasteiger partial charge in [-0.05, 0) is 67.6 Å². The first-order valence-electron chi connectivity index (χ1n) is 11.8. The van der Waals surface area contributed by atoms with E-state index in [4.69, 9.17) is 16.0 Å². The third-order valence-corrected chi connectivity index (χ3v) is 8.30. The number of fused-ring (bicyclic) bond motifs is 1. The van der Waals surface area contributed by atoms with Gasteiger partial charge in [-0.2, -0.15) is 0 Å². The Bertz CT molecular complexity index is 1100. The van der Waals surface area contributed by atoms with Gasteiger partial charge in [-0.1, -0.05) is 30.7 Å². The summed E-state index contributed by atoms with van der Waals surface area (Å²) in [7, 11) is 0. The minimum atomic E-state index is -0.194. The first-order chi connectivity index (χ1) is 16.1. The molecule has 174 valence electrons. The molecule has 5 rings (SSSR count). The lowest BCUT2D eigenvalue weighted by molar-refractivity contribution is 0.0995. The lowest BCUT2D eigenvalue weighted by Gasteiger charge is -2.40. The highest BCUT2D eigenvalue weighted by Crippen LogP contribution is 2.46. The molecule has 0 spiro atoms. The van der Waals surface area contributed by atoms with Crippen LogP contribution in [-0.4, -0.2) is 48.4 Å². The number of carbonyl (C=O) groups excluding carboxylic acids is 1. The van der Waals surface area contributed by atoms with Gasteiger partial charge < -0.3 is 14.6 Å². The number of likely N-dealkylation sites (N-methyl/N-ethyl adjacent to an activating group) is 1. The molecule has 0 radical (unpaired) electrons. The van der Waals surface area contributed by atoms with Gasteiger partial charge in [-0.3, -0.25) is 9.69 Å². The van der Waals surface area contributed by atoms with Crippen molar-refractivity contribution >= 4 is 33.8 Å². The maximum Gasteiger partial charge on any atom is 0.291 e. The van der Waals surface area contributed by atoms with E-state index in [1.54, 1.807) is 23.5 Å². The van der Waals surface area contributed by atoms with Crippen LogP contribution < -0.4 is 5.32 Å². The molecular weight excluding hydrogens is 454 g/mol. The molecule has 3 heterocycles. The Labute approximate surface area is 204 Å². The maximum atomic E-state index is 13.0. The number of aryl methyl sites for hydroxylation is 1. The van der Waals surface area contributed by atoms with Gasteiger partial charge in [0.05, 0.1) is 12.3 Å². The Balaban J connectivity index is 1.59. The van der Waals surface area contributed by atoms with Crippen LogP contribution >= 0.6 is 22.9 Å². The van der Waals surface area contributed by atoms with Crippen molar-refractivity contribution in [3.8, 4) is 0 Å². The second kappa shape index (κ2) is 10.0. The van der Waals surface area contributed by atoms with Crippen molar-refractivity contribution < 1.29 is 9.21 Å². The minimum absolute atomic E-state index is 0.0627. The Hall–Kier alpha value is -2.12. The molecule has 1 aliphatic heterocycles. The zero-order chi connectivity index (χ0) is 22.8. The fourth-order valence-corrected chi connectivity index (χ4v) is 6.63. The van der Waals surface area contributed by atoms with Crippen molar-refractivity contribution in [3.63, 3.8) is 0 Å². The molecular formula is C26H30ClN3O2S. The normalized spacial score (nSPS) is 18.1. The third kappa shape index (κ3) is 4.76. The summed E-state index contributed by atoms with van der Waals surface area (Å²) in [6.07, 6.45) is 6.07. The van der Waals surface area contributed by atoms with Crippen LogP contribution in [0.15, 0.2) is 47.1 Å². The lowest BCUT2D eigenvalue weighted by atomic mass is 9.88. The molecule has 0 unspecified atom stereocenters. The SMILES string of the molecule is CCN1CCN([C@@H](c2cccc(Cl)c2)c2c(NC(=O)c3ccco3)sc3c2CCCC3)CC1. The molecule has 2 aromatic heterocycles. The topological polar surface area (TPSA) is 48.7 Å². The molecule has 0 saturated carbocycles. The third-order valence-electron chi connectivity index (χ3n) is 6.84. The molecule has 1 aliphatic carbocycles. The first-order valence-corrected chi connectivity index (χ1v) is 13.0. The van der Waals surface area contributed by atoms with Gasteiger partial charge in [0.25, 0.3) is 5.91 Å². The van der Waals surface area contributed by atoms with Crippen LogP contribution in [0.3, 0.4) is 0 Å². The second-order valence-electron chi connectivity index (χ2n) is 8.81. The molecule has 3 aromatic rings.